The van der Waals surface area contributed by atoms with Crippen molar-refractivity contribution in [3.8, 4) is 0 Å². The van der Waals surface area contributed by atoms with E-state index in [2.05, 4.69) is 24.3 Å². The number of pyridine rings is 2. The average molecular weight is 301 g/mol. The molecule has 2 aromatic heterocycles. The molecule has 0 aliphatic carbocycles. The van der Waals surface area contributed by atoms with Gasteiger partial charge in [-0.25, -0.2) is 9.66 Å². The van der Waals surface area contributed by atoms with Crippen molar-refractivity contribution in [2.75, 3.05) is 12.0 Å². The molecule has 4 heteroatoms. The Morgan fingerprint density at radius 1 is 1.27 bits per heavy atom. The Morgan fingerprint density at radius 3 is 2.82 bits per heavy atom. The van der Waals surface area contributed by atoms with E-state index in [4.69, 9.17) is 0 Å². The van der Waals surface area contributed by atoms with Crippen molar-refractivity contribution in [1.29, 1.82) is 0 Å². The predicted octanol–water partition coefficient (Wildman–Crippen LogP) is 3.72. The SMILES string of the molecule is CCc1cc2cccnc2n(NCCCCCC(C)C)c1=O. The molecule has 0 saturated carbocycles. The fourth-order valence-electron chi connectivity index (χ4n) is 2.64. The van der Waals surface area contributed by atoms with Crippen molar-refractivity contribution in [3.05, 3.63) is 40.3 Å². The number of nitrogens with zero attached hydrogens (tertiary/aromatic N) is 2. The van der Waals surface area contributed by atoms with Gasteiger partial charge in [0.15, 0.2) is 5.65 Å². The molecule has 22 heavy (non-hydrogen) atoms. The zero-order chi connectivity index (χ0) is 15.9. The summed E-state index contributed by atoms with van der Waals surface area (Å²) in [7, 11) is 0. The fourth-order valence-corrected chi connectivity index (χ4v) is 2.64. The maximum absolute atomic E-state index is 12.5. The number of nitrogens with one attached hydrogen (secondary N) is 1. The lowest BCUT2D eigenvalue weighted by molar-refractivity contribution is 0.528. The fraction of sp³-hybridized carbons (Fsp3) is 0.556. The van der Waals surface area contributed by atoms with Crippen molar-refractivity contribution >= 4 is 11.0 Å². The van der Waals surface area contributed by atoms with E-state index in [-0.39, 0.29) is 5.56 Å². The first-order chi connectivity index (χ1) is 10.6. The normalized spacial score (nSPS) is 11.3. The highest BCUT2D eigenvalue weighted by Gasteiger charge is 2.08. The maximum Gasteiger partial charge on any atom is 0.273 e. The van der Waals surface area contributed by atoms with Crippen molar-refractivity contribution in [3.63, 3.8) is 0 Å². The van der Waals surface area contributed by atoms with Crippen LogP contribution in [-0.2, 0) is 6.42 Å². The van der Waals surface area contributed by atoms with E-state index < -0.39 is 0 Å². The number of aromatic nitrogens is 2. The molecule has 0 atom stereocenters. The number of hydrogen-bond acceptors (Lipinski definition) is 3. The molecule has 2 heterocycles. The van der Waals surface area contributed by atoms with Crippen LogP contribution in [0.1, 0.15) is 52.0 Å². The molecule has 0 radical (unpaired) electrons. The largest absolute Gasteiger partial charge is 0.321 e. The maximum atomic E-state index is 12.5. The van der Waals surface area contributed by atoms with Gasteiger partial charge in [-0.2, -0.15) is 0 Å². The highest BCUT2D eigenvalue weighted by molar-refractivity contribution is 5.75. The zero-order valence-electron chi connectivity index (χ0n) is 13.9. The lowest BCUT2D eigenvalue weighted by Crippen LogP contribution is -2.32. The lowest BCUT2D eigenvalue weighted by Gasteiger charge is -2.13. The van der Waals surface area contributed by atoms with Crippen molar-refractivity contribution in [2.24, 2.45) is 5.92 Å². The molecule has 0 spiro atoms. The van der Waals surface area contributed by atoms with Crippen molar-refractivity contribution in [2.45, 2.75) is 52.9 Å². The number of unbranched alkanes of at least 4 members (excludes halogenated alkanes) is 2. The second-order valence-electron chi connectivity index (χ2n) is 6.23. The van der Waals surface area contributed by atoms with Gasteiger partial charge in [-0.3, -0.25) is 4.79 Å². The first kappa shape index (κ1) is 16.5. The molecular formula is C18H27N3O. The Hall–Kier alpha value is -1.84. The average Bonchev–Trinajstić information content (AvgIpc) is 2.51. The van der Waals surface area contributed by atoms with Gasteiger partial charge in [0.25, 0.3) is 5.56 Å². The Bertz CT molecular complexity index is 661. The van der Waals surface area contributed by atoms with Crippen LogP contribution in [0.15, 0.2) is 29.2 Å². The first-order valence-electron chi connectivity index (χ1n) is 8.37. The van der Waals surface area contributed by atoms with Crippen LogP contribution in [-0.4, -0.2) is 16.2 Å². The van der Waals surface area contributed by atoms with Crippen molar-refractivity contribution in [1.82, 2.24) is 9.66 Å². The third-order valence-corrected chi connectivity index (χ3v) is 3.95. The predicted molar refractivity (Wildman–Crippen MR) is 92.9 cm³/mol. The molecule has 2 rings (SSSR count). The number of rotatable bonds is 8. The molecule has 0 saturated heterocycles. The molecule has 0 amide bonds. The first-order valence-corrected chi connectivity index (χ1v) is 8.37. The molecule has 0 aromatic carbocycles. The van der Waals surface area contributed by atoms with Gasteiger partial charge in [0, 0.05) is 23.7 Å². The topological polar surface area (TPSA) is 46.9 Å². The third-order valence-electron chi connectivity index (χ3n) is 3.95. The van der Waals surface area contributed by atoms with Crippen LogP contribution in [0.4, 0.5) is 0 Å². The minimum absolute atomic E-state index is 0.0240. The lowest BCUT2D eigenvalue weighted by atomic mass is 10.1. The quantitative estimate of drug-likeness (QED) is 0.756. The Balaban J connectivity index is 2.06. The van der Waals surface area contributed by atoms with Crippen molar-refractivity contribution < 1.29 is 0 Å². The second kappa shape index (κ2) is 7.97. The van der Waals surface area contributed by atoms with E-state index in [1.165, 1.54) is 19.3 Å². The van der Waals surface area contributed by atoms with Crippen LogP contribution in [0.25, 0.3) is 11.0 Å². The molecular weight excluding hydrogens is 274 g/mol. The summed E-state index contributed by atoms with van der Waals surface area (Å²) in [4.78, 5) is 16.8. The van der Waals surface area contributed by atoms with E-state index in [0.29, 0.717) is 5.65 Å². The van der Waals surface area contributed by atoms with Gasteiger partial charge in [0.1, 0.15) is 0 Å². The van der Waals surface area contributed by atoms with Crippen LogP contribution < -0.4 is 11.0 Å². The summed E-state index contributed by atoms with van der Waals surface area (Å²) >= 11 is 0. The zero-order valence-corrected chi connectivity index (χ0v) is 13.9. The van der Waals surface area contributed by atoms with Crippen LogP contribution in [0.3, 0.4) is 0 Å². The summed E-state index contributed by atoms with van der Waals surface area (Å²) in [6.45, 7) is 7.32. The molecule has 4 nitrogen and oxygen atoms in total. The van der Waals surface area contributed by atoms with Gasteiger partial charge >= 0.3 is 0 Å². The molecule has 0 fully saturated rings. The molecule has 120 valence electrons. The van der Waals surface area contributed by atoms with E-state index in [1.807, 2.05) is 25.1 Å². The Morgan fingerprint density at radius 2 is 2.09 bits per heavy atom. The van der Waals surface area contributed by atoms with E-state index in [9.17, 15) is 4.79 Å². The van der Waals surface area contributed by atoms with Crippen LogP contribution in [0, 0.1) is 5.92 Å². The van der Waals surface area contributed by atoms with Crippen LogP contribution >= 0.6 is 0 Å². The molecule has 0 unspecified atom stereocenters. The summed E-state index contributed by atoms with van der Waals surface area (Å²) in [6.07, 6.45) is 7.26. The van der Waals surface area contributed by atoms with Crippen LogP contribution in [0.2, 0.25) is 0 Å². The van der Waals surface area contributed by atoms with E-state index >= 15 is 0 Å². The van der Waals surface area contributed by atoms with Gasteiger partial charge < -0.3 is 5.43 Å². The highest BCUT2D eigenvalue weighted by atomic mass is 16.1. The summed E-state index contributed by atoms with van der Waals surface area (Å²) < 4.78 is 1.62. The molecule has 1 N–H and O–H groups in total. The number of hydrogen-bond donors (Lipinski definition) is 1. The van der Waals surface area contributed by atoms with Gasteiger partial charge in [-0.1, -0.05) is 40.0 Å². The molecule has 0 aliphatic heterocycles. The Labute approximate surface area is 132 Å². The standard InChI is InChI=1S/C18H27N3O/c1-4-15-13-16-10-8-11-19-17(16)21(18(15)22)20-12-7-5-6-9-14(2)3/h8,10-11,13-14,20H,4-7,9,12H2,1-3H3. The molecule has 0 bridgehead atoms. The summed E-state index contributed by atoms with van der Waals surface area (Å²) in [5.74, 6) is 0.768. The minimum Gasteiger partial charge on any atom is -0.321 e. The molecule has 2 aromatic rings. The molecule has 0 aliphatic rings. The second-order valence-corrected chi connectivity index (χ2v) is 6.23. The number of aryl methyl sites for hydroxylation is 1. The van der Waals surface area contributed by atoms with Gasteiger partial charge in [0.2, 0.25) is 0 Å². The van der Waals surface area contributed by atoms with Gasteiger partial charge in [0.05, 0.1) is 0 Å². The highest BCUT2D eigenvalue weighted by Crippen LogP contribution is 2.11. The summed E-state index contributed by atoms with van der Waals surface area (Å²) in [5, 5.41) is 1.01. The minimum atomic E-state index is 0.0240. The summed E-state index contributed by atoms with van der Waals surface area (Å²) in [6, 6.07) is 5.86. The van der Waals surface area contributed by atoms with Gasteiger partial charge in [-0.05, 0) is 37.0 Å². The Kier molecular flexibility index (Phi) is 5.99. The van der Waals surface area contributed by atoms with Crippen LogP contribution in [0.5, 0.6) is 0 Å². The van der Waals surface area contributed by atoms with E-state index in [0.717, 1.165) is 36.3 Å². The van der Waals surface area contributed by atoms with E-state index in [1.54, 1.807) is 10.9 Å². The summed E-state index contributed by atoms with van der Waals surface area (Å²) in [5.41, 5.74) is 4.83. The third kappa shape index (κ3) is 4.09. The van der Waals surface area contributed by atoms with Gasteiger partial charge in [-0.15, -0.1) is 0 Å². The number of fused-ring (bicyclic) bond motifs is 1. The monoisotopic (exact) mass is 301 g/mol. The smallest absolute Gasteiger partial charge is 0.273 e.